The second-order valence-electron chi connectivity index (χ2n) is 7.62. The van der Waals surface area contributed by atoms with Gasteiger partial charge in [0.15, 0.2) is 0 Å². The molecule has 0 saturated carbocycles. The van der Waals surface area contributed by atoms with E-state index in [-0.39, 0.29) is 6.10 Å². The third kappa shape index (κ3) is 8.24. The molecular weight excluding hydrogens is 388 g/mol. The van der Waals surface area contributed by atoms with Crippen molar-refractivity contribution in [2.24, 2.45) is 0 Å². The first-order chi connectivity index (χ1) is 14.9. The van der Waals surface area contributed by atoms with E-state index < -0.39 is 5.97 Å². The smallest absolute Gasteiger partial charge is 0.335 e. The molecule has 0 aliphatic carbocycles. The van der Waals surface area contributed by atoms with Crippen molar-refractivity contribution in [1.82, 2.24) is 4.90 Å². The van der Waals surface area contributed by atoms with Crippen LogP contribution < -0.4 is 4.90 Å². The van der Waals surface area contributed by atoms with Crippen LogP contribution in [-0.4, -0.2) is 57.3 Å². The van der Waals surface area contributed by atoms with Gasteiger partial charge in [-0.1, -0.05) is 60.7 Å². The van der Waals surface area contributed by atoms with Gasteiger partial charge < -0.3 is 19.6 Å². The summed E-state index contributed by atoms with van der Waals surface area (Å²) in [5, 5.41) is 8.60. The number of anilines is 1. The Kier molecular flexibility index (Phi) is 9.75. The van der Waals surface area contributed by atoms with Crippen LogP contribution in [0.2, 0.25) is 0 Å². The number of likely N-dealkylation sites (N-methyl/N-ethyl adjacent to an activating group) is 1. The van der Waals surface area contributed by atoms with E-state index in [1.165, 1.54) is 11.1 Å². The monoisotopic (exact) mass is 420 g/mol. The summed E-state index contributed by atoms with van der Waals surface area (Å²) in [5.41, 5.74) is 3.72. The first kappa shape index (κ1) is 24.1. The highest BCUT2D eigenvalue weighted by atomic mass is 16.5. The molecule has 3 aromatic carbocycles. The lowest BCUT2D eigenvalue weighted by molar-refractivity contribution is 0.0686. The molecule has 3 aromatic rings. The highest BCUT2D eigenvalue weighted by Crippen LogP contribution is 2.25. The van der Waals surface area contributed by atoms with Crippen LogP contribution in [0.4, 0.5) is 5.69 Å². The average Bonchev–Trinajstić information content (AvgIpc) is 2.78. The number of carboxylic acids is 1. The van der Waals surface area contributed by atoms with Gasteiger partial charge in [0.25, 0.3) is 0 Å². The van der Waals surface area contributed by atoms with Gasteiger partial charge in [-0.15, -0.1) is 0 Å². The minimum Gasteiger partial charge on any atom is -0.478 e. The molecule has 0 aliphatic rings. The van der Waals surface area contributed by atoms with E-state index in [2.05, 4.69) is 67.5 Å². The van der Waals surface area contributed by atoms with Crippen LogP contribution >= 0.6 is 0 Å². The van der Waals surface area contributed by atoms with Crippen LogP contribution in [0.3, 0.4) is 0 Å². The molecule has 5 heteroatoms. The van der Waals surface area contributed by atoms with E-state index in [0.717, 1.165) is 18.8 Å². The highest BCUT2D eigenvalue weighted by Gasteiger charge is 2.13. The Balaban J connectivity index is 0.000000245. The second kappa shape index (κ2) is 12.5. The van der Waals surface area contributed by atoms with Crippen molar-refractivity contribution in [3.8, 4) is 0 Å². The van der Waals surface area contributed by atoms with Crippen LogP contribution in [0, 0.1) is 0 Å². The summed E-state index contributed by atoms with van der Waals surface area (Å²) < 4.78 is 6.08. The highest BCUT2D eigenvalue weighted by molar-refractivity contribution is 5.88. The lowest BCUT2D eigenvalue weighted by Gasteiger charge is -2.20. The van der Waals surface area contributed by atoms with Gasteiger partial charge in [-0.2, -0.15) is 0 Å². The van der Waals surface area contributed by atoms with E-state index in [1.807, 2.05) is 31.1 Å². The topological polar surface area (TPSA) is 53.0 Å². The molecule has 0 radical (unpaired) electrons. The molecular formula is C26H32N2O3. The van der Waals surface area contributed by atoms with E-state index in [0.29, 0.717) is 5.56 Å². The Hall–Kier alpha value is -3.15. The number of carboxylic acid groups (broad SMARTS) is 1. The normalized spacial score (nSPS) is 10.5. The molecule has 5 nitrogen and oxygen atoms in total. The van der Waals surface area contributed by atoms with E-state index in [1.54, 1.807) is 24.3 Å². The molecule has 3 rings (SSSR count). The van der Waals surface area contributed by atoms with Crippen LogP contribution in [-0.2, 0) is 4.74 Å². The van der Waals surface area contributed by atoms with Crippen molar-refractivity contribution in [2.45, 2.75) is 6.10 Å². The number of hydrogen-bond donors (Lipinski definition) is 1. The molecule has 0 saturated heterocycles. The quantitative estimate of drug-likeness (QED) is 0.567. The molecule has 1 N–H and O–H groups in total. The van der Waals surface area contributed by atoms with E-state index in [9.17, 15) is 4.79 Å². The molecule has 0 unspecified atom stereocenters. The molecule has 0 spiro atoms. The largest absolute Gasteiger partial charge is 0.478 e. The van der Waals surface area contributed by atoms with Crippen LogP contribution in [0.15, 0.2) is 84.9 Å². The van der Waals surface area contributed by atoms with Crippen LogP contribution in [0.5, 0.6) is 0 Å². The predicted octanol–water partition coefficient (Wildman–Crippen LogP) is 4.81. The van der Waals surface area contributed by atoms with Gasteiger partial charge in [0.1, 0.15) is 6.10 Å². The number of carbonyl (C=O) groups is 1. The van der Waals surface area contributed by atoms with Crippen LogP contribution in [0.1, 0.15) is 27.6 Å². The maximum atomic E-state index is 10.5. The SMILES string of the molecule is CN(C)CCOC(c1ccccc1)c1ccccc1.CN(C)c1ccc(C(=O)O)cc1. The van der Waals surface area contributed by atoms with Gasteiger partial charge in [0.2, 0.25) is 0 Å². The summed E-state index contributed by atoms with van der Waals surface area (Å²) in [6, 6.07) is 27.5. The molecule has 164 valence electrons. The molecule has 0 fully saturated rings. The molecule has 31 heavy (non-hydrogen) atoms. The van der Waals surface area contributed by atoms with E-state index >= 15 is 0 Å². The van der Waals surface area contributed by atoms with Crippen molar-refractivity contribution < 1.29 is 14.6 Å². The van der Waals surface area contributed by atoms with Crippen molar-refractivity contribution in [2.75, 3.05) is 46.2 Å². The maximum absolute atomic E-state index is 10.5. The van der Waals surface area contributed by atoms with Crippen LogP contribution in [0.25, 0.3) is 0 Å². The van der Waals surface area contributed by atoms with Gasteiger partial charge in [-0.05, 0) is 49.5 Å². The Bertz CT molecular complexity index is 855. The third-order valence-electron chi connectivity index (χ3n) is 4.66. The zero-order valence-electron chi connectivity index (χ0n) is 18.7. The summed E-state index contributed by atoms with van der Waals surface area (Å²) in [5.74, 6) is -0.889. The van der Waals surface area contributed by atoms with Gasteiger partial charge in [-0.3, -0.25) is 0 Å². The predicted molar refractivity (Wildman–Crippen MR) is 127 cm³/mol. The van der Waals surface area contributed by atoms with Gasteiger partial charge in [0.05, 0.1) is 12.2 Å². The lowest BCUT2D eigenvalue weighted by Crippen LogP contribution is -2.20. The summed E-state index contributed by atoms with van der Waals surface area (Å²) >= 11 is 0. The Morgan fingerprint density at radius 2 is 1.29 bits per heavy atom. The molecule has 0 heterocycles. The van der Waals surface area contributed by atoms with Gasteiger partial charge >= 0.3 is 5.97 Å². The third-order valence-corrected chi connectivity index (χ3v) is 4.66. The van der Waals surface area contributed by atoms with Gasteiger partial charge in [0, 0.05) is 26.3 Å². The molecule has 0 aliphatic heterocycles. The molecule has 0 amide bonds. The summed E-state index contributed by atoms with van der Waals surface area (Å²) in [6.07, 6.45) is 0.0161. The fraction of sp³-hybridized carbons (Fsp3) is 0.269. The van der Waals surface area contributed by atoms with Crippen molar-refractivity contribution >= 4 is 11.7 Å². The minimum atomic E-state index is -0.889. The minimum absolute atomic E-state index is 0.0161. The first-order valence-electron chi connectivity index (χ1n) is 10.3. The Morgan fingerprint density at radius 3 is 1.68 bits per heavy atom. The van der Waals surface area contributed by atoms with Crippen molar-refractivity contribution in [1.29, 1.82) is 0 Å². The fourth-order valence-electron chi connectivity index (χ4n) is 2.90. The summed E-state index contributed by atoms with van der Waals surface area (Å²) in [6.45, 7) is 1.65. The Labute approximate surface area is 185 Å². The standard InChI is InChI=1S/C17H21NO.C9H11NO2/c1-18(2)13-14-19-17(15-9-5-3-6-10-15)16-11-7-4-8-12-16;1-10(2)8-5-3-7(4-6-8)9(11)12/h3-12,17H,13-14H2,1-2H3;3-6H,1-2H3,(H,11,12). The second-order valence-corrected chi connectivity index (χ2v) is 7.62. The fourth-order valence-corrected chi connectivity index (χ4v) is 2.90. The molecule has 0 aromatic heterocycles. The van der Waals surface area contributed by atoms with Crippen molar-refractivity contribution in [3.63, 3.8) is 0 Å². The van der Waals surface area contributed by atoms with Gasteiger partial charge in [-0.25, -0.2) is 4.79 Å². The summed E-state index contributed by atoms with van der Waals surface area (Å²) in [4.78, 5) is 14.5. The zero-order chi connectivity index (χ0) is 22.6. The summed E-state index contributed by atoms with van der Waals surface area (Å²) in [7, 11) is 7.94. The number of hydrogen-bond acceptors (Lipinski definition) is 4. The lowest BCUT2D eigenvalue weighted by atomic mass is 10.0. The van der Waals surface area contributed by atoms with Crippen molar-refractivity contribution in [3.05, 3.63) is 102 Å². The van der Waals surface area contributed by atoms with E-state index in [4.69, 9.17) is 9.84 Å². The first-order valence-corrected chi connectivity index (χ1v) is 10.3. The zero-order valence-corrected chi connectivity index (χ0v) is 18.7. The number of ether oxygens (including phenoxy) is 1. The number of aromatic carboxylic acids is 1. The number of nitrogens with zero attached hydrogens (tertiary/aromatic N) is 2. The molecule has 0 bridgehead atoms. The Morgan fingerprint density at radius 1 is 0.806 bits per heavy atom. The average molecular weight is 421 g/mol. The number of benzene rings is 3. The molecule has 0 atom stereocenters. The number of rotatable bonds is 8. The maximum Gasteiger partial charge on any atom is 0.335 e.